The van der Waals surface area contributed by atoms with Gasteiger partial charge in [-0.25, -0.2) is 9.78 Å². The van der Waals surface area contributed by atoms with Gasteiger partial charge in [-0.1, -0.05) is 36.9 Å². The van der Waals surface area contributed by atoms with Crippen LogP contribution in [0, 0.1) is 0 Å². The highest BCUT2D eigenvalue weighted by Crippen LogP contribution is 2.25. The Bertz CT molecular complexity index is 971. The van der Waals surface area contributed by atoms with Crippen molar-refractivity contribution < 1.29 is 14.3 Å². The van der Waals surface area contributed by atoms with E-state index in [1.165, 1.54) is 18.9 Å². The number of amides is 1. The number of aryl methyl sites for hydroxylation is 1. The number of nitrogens with zero attached hydrogens (tertiary/aromatic N) is 1. The summed E-state index contributed by atoms with van der Waals surface area (Å²) in [6.07, 6.45) is 0.858. The molecule has 5 nitrogen and oxygen atoms in total. The summed E-state index contributed by atoms with van der Waals surface area (Å²) >= 11 is 1.43. The highest BCUT2D eigenvalue weighted by molar-refractivity contribution is 8.00. The third-order valence-corrected chi connectivity index (χ3v) is 5.11. The van der Waals surface area contributed by atoms with E-state index in [0.29, 0.717) is 11.3 Å². The summed E-state index contributed by atoms with van der Waals surface area (Å²) < 4.78 is 4.66. The number of anilines is 1. The number of hydrogen-bond acceptors (Lipinski definition) is 5. The number of carbonyl (C=O) groups excluding carboxylic acids is 2. The minimum Gasteiger partial charge on any atom is -0.465 e. The van der Waals surface area contributed by atoms with E-state index in [0.717, 1.165) is 27.9 Å². The van der Waals surface area contributed by atoms with E-state index in [4.69, 9.17) is 4.98 Å². The van der Waals surface area contributed by atoms with Gasteiger partial charge in [0.1, 0.15) is 5.03 Å². The van der Waals surface area contributed by atoms with Crippen LogP contribution in [0.1, 0.15) is 22.8 Å². The van der Waals surface area contributed by atoms with Crippen molar-refractivity contribution in [2.45, 2.75) is 18.4 Å². The SMILES string of the molecule is CCc1cc2ccccc2nc1SCC(=O)Nc1ccc(C(=O)OC)cc1. The quantitative estimate of drug-likeness (QED) is 0.510. The summed E-state index contributed by atoms with van der Waals surface area (Å²) in [6.45, 7) is 2.08. The van der Waals surface area contributed by atoms with Gasteiger partial charge in [0.15, 0.2) is 0 Å². The zero-order valence-corrected chi connectivity index (χ0v) is 16.0. The molecule has 0 aliphatic rings. The number of benzene rings is 2. The molecule has 0 radical (unpaired) electrons. The summed E-state index contributed by atoms with van der Waals surface area (Å²) in [6, 6.07) is 16.7. The molecular weight excluding hydrogens is 360 g/mol. The van der Waals surface area contributed by atoms with Gasteiger partial charge in [0.25, 0.3) is 0 Å². The molecule has 0 fully saturated rings. The van der Waals surface area contributed by atoms with Gasteiger partial charge in [-0.3, -0.25) is 4.79 Å². The molecular formula is C21H20N2O3S. The molecule has 3 rings (SSSR count). The van der Waals surface area contributed by atoms with Gasteiger partial charge in [0, 0.05) is 11.1 Å². The molecule has 1 heterocycles. The molecule has 0 unspecified atom stereocenters. The second kappa shape index (κ2) is 8.68. The molecule has 3 aromatic rings. The largest absolute Gasteiger partial charge is 0.465 e. The lowest BCUT2D eigenvalue weighted by atomic mass is 10.1. The molecule has 1 aromatic heterocycles. The Morgan fingerprint density at radius 3 is 2.56 bits per heavy atom. The van der Waals surface area contributed by atoms with Crippen molar-refractivity contribution in [3.8, 4) is 0 Å². The first kappa shape index (κ1) is 18.9. The van der Waals surface area contributed by atoms with Crippen molar-refractivity contribution in [1.29, 1.82) is 0 Å². The van der Waals surface area contributed by atoms with E-state index < -0.39 is 5.97 Å². The predicted octanol–water partition coefficient (Wildman–Crippen LogP) is 4.31. The summed E-state index contributed by atoms with van der Waals surface area (Å²) in [5, 5.41) is 4.82. The summed E-state index contributed by atoms with van der Waals surface area (Å²) in [7, 11) is 1.33. The number of pyridine rings is 1. The molecule has 6 heteroatoms. The lowest BCUT2D eigenvalue weighted by molar-refractivity contribution is -0.113. The third kappa shape index (κ3) is 4.65. The minimum atomic E-state index is -0.405. The van der Waals surface area contributed by atoms with Crippen molar-refractivity contribution in [3.05, 3.63) is 65.7 Å². The molecule has 0 atom stereocenters. The highest BCUT2D eigenvalue weighted by atomic mass is 32.2. The van der Waals surface area contributed by atoms with Crippen LogP contribution in [0.25, 0.3) is 10.9 Å². The maximum Gasteiger partial charge on any atom is 0.337 e. The summed E-state index contributed by atoms with van der Waals surface area (Å²) in [4.78, 5) is 28.4. The number of aromatic nitrogens is 1. The summed E-state index contributed by atoms with van der Waals surface area (Å²) in [5.41, 5.74) is 3.14. The number of carbonyl (C=O) groups is 2. The van der Waals surface area contributed by atoms with Gasteiger partial charge >= 0.3 is 5.97 Å². The van der Waals surface area contributed by atoms with Crippen LogP contribution < -0.4 is 5.32 Å². The first-order chi connectivity index (χ1) is 13.1. The van der Waals surface area contributed by atoms with Crippen LogP contribution in [0.4, 0.5) is 5.69 Å². The highest BCUT2D eigenvalue weighted by Gasteiger charge is 2.10. The zero-order chi connectivity index (χ0) is 19.2. The number of fused-ring (bicyclic) bond motifs is 1. The van der Waals surface area contributed by atoms with E-state index in [1.807, 2.05) is 24.3 Å². The third-order valence-electron chi connectivity index (χ3n) is 4.07. The van der Waals surface area contributed by atoms with E-state index in [-0.39, 0.29) is 11.7 Å². The van der Waals surface area contributed by atoms with E-state index in [9.17, 15) is 9.59 Å². The second-order valence-electron chi connectivity index (χ2n) is 5.90. The normalized spacial score (nSPS) is 10.6. The smallest absolute Gasteiger partial charge is 0.337 e. The second-order valence-corrected chi connectivity index (χ2v) is 6.87. The fourth-order valence-electron chi connectivity index (χ4n) is 2.66. The van der Waals surface area contributed by atoms with Crippen molar-refractivity contribution in [3.63, 3.8) is 0 Å². The Balaban J connectivity index is 1.65. The molecule has 0 aliphatic heterocycles. The Kier molecular flexibility index (Phi) is 6.08. The number of esters is 1. The van der Waals surface area contributed by atoms with Crippen molar-refractivity contribution in [2.75, 3.05) is 18.2 Å². The number of methoxy groups -OCH3 is 1. The number of thioether (sulfide) groups is 1. The maximum atomic E-state index is 12.3. The minimum absolute atomic E-state index is 0.122. The van der Waals surface area contributed by atoms with Gasteiger partial charge in [-0.2, -0.15) is 0 Å². The molecule has 2 aromatic carbocycles. The van der Waals surface area contributed by atoms with Crippen LogP contribution in [0.3, 0.4) is 0 Å². The van der Waals surface area contributed by atoms with Crippen LogP contribution in [0.5, 0.6) is 0 Å². The molecule has 138 valence electrons. The number of para-hydroxylation sites is 1. The van der Waals surface area contributed by atoms with Crippen molar-refractivity contribution in [1.82, 2.24) is 4.98 Å². The monoisotopic (exact) mass is 380 g/mol. The number of ether oxygens (including phenoxy) is 1. The van der Waals surface area contributed by atoms with E-state index in [2.05, 4.69) is 23.0 Å². The molecule has 27 heavy (non-hydrogen) atoms. The molecule has 0 aliphatic carbocycles. The van der Waals surface area contributed by atoms with E-state index in [1.54, 1.807) is 24.3 Å². The topological polar surface area (TPSA) is 68.3 Å². The van der Waals surface area contributed by atoms with E-state index >= 15 is 0 Å². The Hall–Kier alpha value is -2.86. The van der Waals surface area contributed by atoms with Gasteiger partial charge < -0.3 is 10.1 Å². The van der Waals surface area contributed by atoms with Crippen LogP contribution in [0.15, 0.2) is 59.6 Å². The molecule has 0 saturated carbocycles. The standard InChI is InChI=1S/C21H20N2O3S/c1-3-14-12-16-6-4-5-7-18(16)23-20(14)27-13-19(24)22-17-10-8-15(9-11-17)21(25)26-2/h4-12H,3,13H2,1-2H3,(H,22,24). The van der Waals surface area contributed by atoms with Crippen molar-refractivity contribution in [2.24, 2.45) is 0 Å². The maximum absolute atomic E-state index is 12.3. The first-order valence-corrected chi connectivity index (χ1v) is 9.59. The Morgan fingerprint density at radius 1 is 1.11 bits per heavy atom. The molecule has 1 N–H and O–H groups in total. The predicted molar refractivity (Wildman–Crippen MR) is 108 cm³/mol. The van der Waals surface area contributed by atoms with Gasteiger partial charge in [0.2, 0.25) is 5.91 Å². The van der Waals surface area contributed by atoms with Crippen LogP contribution in [0.2, 0.25) is 0 Å². The molecule has 0 bridgehead atoms. The average molecular weight is 380 g/mol. The Morgan fingerprint density at radius 2 is 1.85 bits per heavy atom. The van der Waals surface area contributed by atoms with Crippen LogP contribution >= 0.6 is 11.8 Å². The number of rotatable bonds is 6. The fourth-order valence-corrected chi connectivity index (χ4v) is 3.55. The van der Waals surface area contributed by atoms with Gasteiger partial charge in [0.05, 0.1) is 23.9 Å². The average Bonchev–Trinajstić information content (AvgIpc) is 2.71. The molecule has 1 amide bonds. The lowest BCUT2D eigenvalue weighted by Crippen LogP contribution is -2.14. The molecule has 0 saturated heterocycles. The number of nitrogens with one attached hydrogen (secondary N) is 1. The van der Waals surface area contributed by atoms with Crippen LogP contribution in [-0.4, -0.2) is 29.7 Å². The van der Waals surface area contributed by atoms with Crippen molar-refractivity contribution >= 4 is 40.2 Å². The first-order valence-electron chi connectivity index (χ1n) is 8.60. The van der Waals surface area contributed by atoms with Gasteiger partial charge in [-0.05, 0) is 48.4 Å². The Labute approximate surface area is 162 Å². The molecule has 0 spiro atoms. The van der Waals surface area contributed by atoms with Crippen LogP contribution in [-0.2, 0) is 16.0 Å². The summed E-state index contributed by atoms with van der Waals surface area (Å²) in [5.74, 6) is -0.266. The lowest BCUT2D eigenvalue weighted by Gasteiger charge is -2.09. The number of hydrogen-bond donors (Lipinski definition) is 1. The fraction of sp³-hybridized carbons (Fsp3) is 0.190. The zero-order valence-electron chi connectivity index (χ0n) is 15.2. The van der Waals surface area contributed by atoms with Gasteiger partial charge in [-0.15, -0.1) is 0 Å².